The Bertz CT molecular complexity index is 724. The first kappa shape index (κ1) is 20.0. The van der Waals surface area contributed by atoms with Crippen molar-refractivity contribution in [2.24, 2.45) is 4.99 Å². The molecule has 0 aliphatic carbocycles. The maximum atomic E-state index is 5.53. The zero-order valence-corrected chi connectivity index (χ0v) is 16.9. The summed E-state index contributed by atoms with van der Waals surface area (Å²) < 4.78 is 5.53. The zero-order valence-electron chi connectivity index (χ0n) is 16.9. The molecule has 3 rings (SSSR count). The highest BCUT2D eigenvalue weighted by molar-refractivity contribution is 5.80. The molecule has 1 aliphatic heterocycles. The van der Waals surface area contributed by atoms with E-state index in [9.17, 15) is 0 Å². The van der Waals surface area contributed by atoms with Crippen LogP contribution >= 0.6 is 0 Å². The molecule has 0 unspecified atom stereocenters. The van der Waals surface area contributed by atoms with Crippen LogP contribution in [-0.2, 0) is 6.54 Å². The van der Waals surface area contributed by atoms with Gasteiger partial charge >= 0.3 is 0 Å². The minimum Gasteiger partial charge on any atom is -0.478 e. The van der Waals surface area contributed by atoms with Crippen molar-refractivity contribution in [3.63, 3.8) is 0 Å². The van der Waals surface area contributed by atoms with Gasteiger partial charge in [0, 0.05) is 50.7 Å². The Morgan fingerprint density at radius 2 is 1.96 bits per heavy atom. The Labute approximate surface area is 168 Å². The standard InChI is InChI=1S/C22H31N5O/c1-3-15-28-21-10-9-18(16-24-21)17-25-22(23-2)26-19-11-13-27(14-12-19)20-7-5-4-6-8-20/h4-10,16,19H,3,11-15,17H2,1-2H3,(H2,23,25,26). The number of pyridine rings is 1. The van der Waals surface area contributed by atoms with Crippen molar-refractivity contribution in [2.75, 3.05) is 31.6 Å². The molecule has 2 heterocycles. The van der Waals surface area contributed by atoms with E-state index in [0.29, 0.717) is 25.1 Å². The molecule has 150 valence electrons. The number of hydrogen-bond acceptors (Lipinski definition) is 4. The molecule has 1 saturated heterocycles. The number of nitrogens with zero attached hydrogens (tertiary/aromatic N) is 3. The normalized spacial score (nSPS) is 15.4. The molecule has 0 bridgehead atoms. The van der Waals surface area contributed by atoms with E-state index in [1.54, 1.807) is 0 Å². The van der Waals surface area contributed by atoms with E-state index >= 15 is 0 Å². The third kappa shape index (κ3) is 5.87. The Kier molecular flexibility index (Phi) is 7.53. The number of para-hydroxylation sites is 1. The molecule has 2 N–H and O–H groups in total. The van der Waals surface area contributed by atoms with Crippen LogP contribution in [0.1, 0.15) is 31.7 Å². The van der Waals surface area contributed by atoms with Crippen LogP contribution in [-0.4, -0.2) is 43.7 Å². The second-order valence-electron chi connectivity index (χ2n) is 7.02. The number of piperidine rings is 1. The van der Waals surface area contributed by atoms with E-state index in [1.807, 2.05) is 25.4 Å². The maximum absolute atomic E-state index is 5.53. The van der Waals surface area contributed by atoms with Crippen molar-refractivity contribution in [1.82, 2.24) is 15.6 Å². The monoisotopic (exact) mass is 381 g/mol. The average molecular weight is 382 g/mol. The van der Waals surface area contributed by atoms with E-state index in [2.05, 4.69) is 62.8 Å². The summed E-state index contributed by atoms with van der Waals surface area (Å²) in [6.45, 7) is 5.58. The van der Waals surface area contributed by atoms with Gasteiger partial charge in [0.25, 0.3) is 0 Å². The molecule has 6 heteroatoms. The van der Waals surface area contributed by atoms with Crippen molar-refractivity contribution in [3.05, 3.63) is 54.2 Å². The fraction of sp³-hybridized carbons (Fsp3) is 0.455. The first-order chi connectivity index (χ1) is 13.8. The summed E-state index contributed by atoms with van der Waals surface area (Å²) in [4.78, 5) is 11.2. The van der Waals surface area contributed by atoms with E-state index in [-0.39, 0.29) is 0 Å². The van der Waals surface area contributed by atoms with Crippen LogP contribution in [0.4, 0.5) is 5.69 Å². The Morgan fingerprint density at radius 1 is 1.18 bits per heavy atom. The van der Waals surface area contributed by atoms with Crippen LogP contribution in [0.2, 0.25) is 0 Å². The molecule has 0 atom stereocenters. The number of ether oxygens (including phenoxy) is 1. The van der Waals surface area contributed by atoms with Crippen molar-refractivity contribution in [1.29, 1.82) is 0 Å². The maximum Gasteiger partial charge on any atom is 0.213 e. The van der Waals surface area contributed by atoms with Crippen LogP contribution in [0, 0.1) is 0 Å². The number of anilines is 1. The Balaban J connectivity index is 1.42. The number of rotatable bonds is 7. The summed E-state index contributed by atoms with van der Waals surface area (Å²) in [5.74, 6) is 1.52. The van der Waals surface area contributed by atoms with Crippen LogP contribution in [0.5, 0.6) is 5.88 Å². The molecular formula is C22H31N5O. The predicted molar refractivity (Wildman–Crippen MR) is 115 cm³/mol. The summed E-state index contributed by atoms with van der Waals surface area (Å²) in [7, 11) is 1.81. The highest BCUT2D eigenvalue weighted by Gasteiger charge is 2.20. The van der Waals surface area contributed by atoms with Gasteiger partial charge in [-0.3, -0.25) is 4.99 Å². The Hall–Kier alpha value is -2.76. The van der Waals surface area contributed by atoms with Crippen LogP contribution in [0.25, 0.3) is 0 Å². The molecular weight excluding hydrogens is 350 g/mol. The van der Waals surface area contributed by atoms with Gasteiger partial charge in [0.15, 0.2) is 5.96 Å². The molecule has 0 spiro atoms. The third-order valence-electron chi connectivity index (χ3n) is 4.89. The molecule has 2 aromatic rings. The second-order valence-corrected chi connectivity index (χ2v) is 7.02. The van der Waals surface area contributed by atoms with E-state index < -0.39 is 0 Å². The molecule has 1 fully saturated rings. The van der Waals surface area contributed by atoms with Crippen molar-refractivity contribution in [3.8, 4) is 5.88 Å². The van der Waals surface area contributed by atoms with E-state index in [1.165, 1.54) is 5.69 Å². The quantitative estimate of drug-likeness (QED) is 0.570. The number of hydrogen-bond donors (Lipinski definition) is 2. The van der Waals surface area contributed by atoms with Crippen LogP contribution in [0.3, 0.4) is 0 Å². The molecule has 6 nitrogen and oxygen atoms in total. The smallest absolute Gasteiger partial charge is 0.213 e. The summed E-state index contributed by atoms with van der Waals surface area (Å²) in [6, 6.07) is 15.0. The van der Waals surface area contributed by atoms with Crippen molar-refractivity contribution < 1.29 is 4.74 Å². The minimum atomic E-state index is 0.439. The van der Waals surface area contributed by atoms with Crippen molar-refractivity contribution >= 4 is 11.6 Å². The van der Waals surface area contributed by atoms with Gasteiger partial charge in [-0.05, 0) is 37.0 Å². The number of nitrogens with one attached hydrogen (secondary N) is 2. The summed E-state index contributed by atoms with van der Waals surface area (Å²) in [6.07, 6.45) is 5.03. The van der Waals surface area contributed by atoms with Gasteiger partial charge in [0.05, 0.1) is 6.61 Å². The molecule has 0 radical (unpaired) electrons. The molecule has 28 heavy (non-hydrogen) atoms. The van der Waals surface area contributed by atoms with Gasteiger partial charge in [-0.25, -0.2) is 4.98 Å². The molecule has 1 aromatic carbocycles. The van der Waals surface area contributed by atoms with Gasteiger partial charge in [-0.15, -0.1) is 0 Å². The molecule has 1 aliphatic rings. The van der Waals surface area contributed by atoms with Gasteiger partial charge < -0.3 is 20.3 Å². The lowest BCUT2D eigenvalue weighted by molar-refractivity contribution is 0.305. The first-order valence-electron chi connectivity index (χ1n) is 10.1. The number of aromatic nitrogens is 1. The first-order valence-corrected chi connectivity index (χ1v) is 10.1. The third-order valence-corrected chi connectivity index (χ3v) is 4.89. The molecule has 0 saturated carbocycles. The van der Waals surface area contributed by atoms with Gasteiger partial charge in [-0.2, -0.15) is 0 Å². The lowest BCUT2D eigenvalue weighted by Crippen LogP contribution is -2.48. The predicted octanol–water partition coefficient (Wildman–Crippen LogP) is 3.20. The average Bonchev–Trinajstić information content (AvgIpc) is 2.77. The number of benzene rings is 1. The van der Waals surface area contributed by atoms with E-state index in [4.69, 9.17) is 4.74 Å². The SMILES string of the molecule is CCCOc1ccc(CNC(=NC)NC2CCN(c3ccccc3)CC2)cn1. The zero-order chi connectivity index (χ0) is 19.6. The van der Waals surface area contributed by atoms with Gasteiger partial charge in [-0.1, -0.05) is 31.2 Å². The largest absolute Gasteiger partial charge is 0.478 e. The number of aliphatic imine (C=N–C) groups is 1. The van der Waals surface area contributed by atoms with Gasteiger partial charge in [0.2, 0.25) is 5.88 Å². The minimum absolute atomic E-state index is 0.439. The van der Waals surface area contributed by atoms with E-state index in [0.717, 1.165) is 43.9 Å². The highest BCUT2D eigenvalue weighted by atomic mass is 16.5. The summed E-state index contributed by atoms with van der Waals surface area (Å²) in [5, 5.41) is 6.94. The van der Waals surface area contributed by atoms with Crippen LogP contribution < -0.4 is 20.3 Å². The lowest BCUT2D eigenvalue weighted by Gasteiger charge is -2.34. The molecule has 1 aromatic heterocycles. The van der Waals surface area contributed by atoms with Crippen LogP contribution in [0.15, 0.2) is 53.7 Å². The summed E-state index contributed by atoms with van der Waals surface area (Å²) >= 11 is 0. The fourth-order valence-corrected chi connectivity index (χ4v) is 3.30. The lowest BCUT2D eigenvalue weighted by atomic mass is 10.0. The second kappa shape index (κ2) is 10.5. The van der Waals surface area contributed by atoms with Gasteiger partial charge in [0.1, 0.15) is 0 Å². The fourth-order valence-electron chi connectivity index (χ4n) is 3.30. The Morgan fingerprint density at radius 3 is 2.61 bits per heavy atom. The summed E-state index contributed by atoms with van der Waals surface area (Å²) in [5.41, 5.74) is 2.41. The topological polar surface area (TPSA) is 61.8 Å². The molecule has 0 amide bonds. The van der Waals surface area contributed by atoms with Crippen molar-refractivity contribution in [2.45, 2.75) is 38.8 Å². The highest BCUT2D eigenvalue weighted by Crippen LogP contribution is 2.19. The number of guanidine groups is 1.